The largest absolute Gasteiger partial charge is 0.480 e. The summed E-state index contributed by atoms with van der Waals surface area (Å²) in [5.41, 5.74) is 14.1. The van der Waals surface area contributed by atoms with E-state index in [2.05, 4.69) is 47.3 Å². The molecule has 0 aliphatic heterocycles. The molecule has 0 radical (unpaired) electrons. The third-order valence-corrected chi connectivity index (χ3v) is 13.3. The second kappa shape index (κ2) is 43.1. The molecule has 0 fully saturated rings. The predicted molar refractivity (Wildman–Crippen MR) is 307 cm³/mol. The number of esters is 2. The van der Waals surface area contributed by atoms with Crippen molar-refractivity contribution in [3.8, 4) is 0 Å². The van der Waals surface area contributed by atoms with Crippen LogP contribution >= 0.6 is 0 Å². The summed E-state index contributed by atoms with van der Waals surface area (Å²) in [5.74, 6) is -3.08. The van der Waals surface area contributed by atoms with Crippen LogP contribution in [0.1, 0.15) is 179 Å². The zero-order valence-electron chi connectivity index (χ0n) is 46.8. The summed E-state index contributed by atoms with van der Waals surface area (Å²) in [4.78, 5) is 72.1. The number of amides is 2. The monoisotopic (exact) mass is 1090 g/mol. The van der Waals surface area contributed by atoms with E-state index >= 15 is 0 Å². The number of carboxylic acid groups (broad SMARTS) is 2. The molecule has 6 unspecified atom stereocenters. The van der Waals surface area contributed by atoms with Crippen molar-refractivity contribution in [1.82, 2.24) is 10.6 Å². The number of nitrogens with one attached hydrogen (secondary N) is 4. The van der Waals surface area contributed by atoms with E-state index < -0.39 is 60.4 Å². The molecule has 438 valence electrons. The van der Waals surface area contributed by atoms with Crippen molar-refractivity contribution >= 4 is 47.1 Å². The maximum Gasteiger partial charge on any atom is 0.325 e. The molecule has 0 aliphatic carbocycles. The number of nitrogens with two attached hydrogens (primary N) is 2. The van der Waals surface area contributed by atoms with Crippen molar-refractivity contribution in [2.75, 3.05) is 36.8 Å². The molecule has 0 spiro atoms. The summed E-state index contributed by atoms with van der Waals surface area (Å²) < 4.78 is 11.4. The number of unbranched alkanes of at least 4 members (excludes halogenated alkanes) is 14. The van der Waals surface area contributed by atoms with E-state index in [-0.39, 0.29) is 37.7 Å². The average Bonchev–Trinajstić information content (AvgIpc) is 3.42. The third kappa shape index (κ3) is 34.1. The van der Waals surface area contributed by atoms with Gasteiger partial charge in [0.1, 0.15) is 37.4 Å². The van der Waals surface area contributed by atoms with Crippen LogP contribution in [0.15, 0.2) is 72.8 Å². The number of carboxylic acids is 2. The summed E-state index contributed by atoms with van der Waals surface area (Å²) in [6, 6.07) is 12.1. The number of rotatable bonds is 47. The molecule has 2 aromatic rings. The van der Waals surface area contributed by atoms with Crippen LogP contribution in [0.4, 0.5) is 11.4 Å². The standard InChI is InChI=1S/C60H96N6O12/c1-3-5-19-27-53(77-57(71)43-65-47-35-31-45(32-36-47)41-49(61)59(73)74)51(67)25-21-15-11-7-9-13-17-23-29-55(69)63-39-40-64-56(70)30-24-18-14-10-8-12-16-22-26-52(68)54(28-20-6-4-2)78-58(72)44-66-48-37-33-46(34-38-48)42-50(62)60(75)76/h15-16,21-22,31-38,49-54,65-68H,3-14,17-20,23-30,39-44,61-62H2,1-2H3,(H,63,69)(H,64,70)(H,73,74)(H,75,76)/b21-15+,22-16+. The molecule has 18 heteroatoms. The zero-order valence-corrected chi connectivity index (χ0v) is 46.8. The van der Waals surface area contributed by atoms with Gasteiger partial charge in [-0.15, -0.1) is 0 Å². The van der Waals surface area contributed by atoms with Gasteiger partial charge in [0.15, 0.2) is 0 Å². The van der Waals surface area contributed by atoms with E-state index in [1.165, 1.54) is 0 Å². The number of anilines is 2. The highest BCUT2D eigenvalue weighted by molar-refractivity contribution is 5.78. The quantitative estimate of drug-likeness (QED) is 0.0169. The van der Waals surface area contributed by atoms with E-state index in [1.807, 2.05) is 12.2 Å². The lowest BCUT2D eigenvalue weighted by molar-refractivity contribution is -0.154. The number of carbonyl (C=O) groups excluding carboxylic acids is 4. The van der Waals surface area contributed by atoms with E-state index in [9.17, 15) is 39.0 Å². The molecule has 12 N–H and O–H groups in total. The maximum absolute atomic E-state index is 12.7. The topological polar surface area (TPSA) is 302 Å². The first-order valence-corrected chi connectivity index (χ1v) is 28.8. The molecule has 0 heterocycles. The Bertz CT molecular complexity index is 1890. The van der Waals surface area contributed by atoms with E-state index in [1.54, 1.807) is 48.5 Å². The fourth-order valence-electron chi connectivity index (χ4n) is 8.57. The molecule has 2 rings (SSSR count). The van der Waals surface area contributed by atoms with Crippen LogP contribution in [0.25, 0.3) is 0 Å². The Morgan fingerprint density at radius 3 is 1.22 bits per heavy atom. The molecule has 0 aliphatic rings. The predicted octanol–water partition coefficient (Wildman–Crippen LogP) is 8.41. The van der Waals surface area contributed by atoms with Gasteiger partial charge in [-0.3, -0.25) is 28.8 Å². The van der Waals surface area contributed by atoms with Crippen molar-refractivity contribution in [2.24, 2.45) is 11.5 Å². The second-order valence-electron chi connectivity index (χ2n) is 20.3. The fourth-order valence-corrected chi connectivity index (χ4v) is 8.57. The minimum Gasteiger partial charge on any atom is -0.480 e. The Labute approximate surface area is 464 Å². The van der Waals surface area contributed by atoms with Crippen molar-refractivity contribution in [3.05, 3.63) is 84.0 Å². The van der Waals surface area contributed by atoms with Gasteiger partial charge >= 0.3 is 23.9 Å². The number of aliphatic hydroxyl groups is 2. The van der Waals surface area contributed by atoms with Gasteiger partial charge in [0, 0.05) is 37.3 Å². The van der Waals surface area contributed by atoms with Crippen LogP contribution in [0.5, 0.6) is 0 Å². The van der Waals surface area contributed by atoms with Gasteiger partial charge in [-0.2, -0.15) is 0 Å². The SMILES string of the molecule is CCCCCC(OC(=O)CNc1ccc(CC(N)C(=O)O)cc1)C(O)C/C=C/CCCCCCCC(=O)NCCNC(=O)CCCCCCC/C=C/CC(O)C(CCCCC)OC(=O)CNc1ccc(CC(N)C(=O)O)cc1. The summed E-state index contributed by atoms with van der Waals surface area (Å²) in [7, 11) is 0. The van der Waals surface area contributed by atoms with Crippen molar-refractivity contribution in [2.45, 2.75) is 217 Å². The lowest BCUT2D eigenvalue weighted by atomic mass is 10.0. The number of benzene rings is 2. The highest BCUT2D eigenvalue weighted by atomic mass is 16.6. The second-order valence-corrected chi connectivity index (χ2v) is 20.3. The number of allylic oxidation sites excluding steroid dienone is 2. The van der Waals surface area contributed by atoms with Crippen molar-refractivity contribution in [1.29, 1.82) is 0 Å². The van der Waals surface area contributed by atoms with Gasteiger partial charge in [0.2, 0.25) is 11.8 Å². The Morgan fingerprint density at radius 1 is 0.500 bits per heavy atom. The Balaban J connectivity index is 1.48. The Kier molecular flexibility index (Phi) is 37.7. The lowest BCUT2D eigenvalue weighted by Gasteiger charge is -2.23. The molecule has 2 aromatic carbocycles. The summed E-state index contributed by atoms with van der Waals surface area (Å²) in [5, 5.41) is 51.7. The van der Waals surface area contributed by atoms with Gasteiger partial charge in [0.25, 0.3) is 0 Å². The molecule has 0 saturated carbocycles. The number of ether oxygens (including phenoxy) is 2. The van der Waals surface area contributed by atoms with Crippen LogP contribution in [-0.2, 0) is 51.1 Å². The van der Waals surface area contributed by atoms with Crippen LogP contribution in [0, 0.1) is 0 Å². The van der Waals surface area contributed by atoms with E-state index in [4.69, 9.17) is 31.2 Å². The molecule has 78 heavy (non-hydrogen) atoms. The highest BCUT2D eigenvalue weighted by Crippen LogP contribution is 2.19. The third-order valence-electron chi connectivity index (χ3n) is 13.3. The van der Waals surface area contributed by atoms with Crippen molar-refractivity contribution in [3.63, 3.8) is 0 Å². The lowest BCUT2D eigenvalue weighted by Crippen LogP contribution is -2.34. The molecule has 18 nitrogen and oxygen atoms in total. The number of aliphatic carboxylic acids is 2. The van der Waals surface area contributed by atoms with Gasteiger partial charge in [-0.25, -0.2) is 0 Å². The first-order valence-electron chi connectivity index (χ1n) is 28.8. The minimum absolute atomic E-state index is 0.0136. The van der Waals surface area contributed by atoms with E-state index in [0.717, 1.165) is 127 Å². The number of hydrogen-bond donors (Lipinski definition) is 10. The maximum atomic E-state index is 12.7. The summed E-state index contributed by atoms with van der Waals surface area (Å²) >= 11 is 0. The molecule has 0 aromatic heterocycles. The highest BCUT2D eigenvalue weighted by Gasteiger charge is 2.24. The fraction of sp³-hybridized carbons (Fsp3) is 0.633. The Hall–Kier alpha value is -5.82. The molecule has 0 saturated heterocycles. The smallest absolute Gasteiger partial charge is 0.325 e. The summed E-state index contributed by atoms with van der Waals surface area (Å²) in [6.45, 7) is 4.84. The molecule has 0 bridgehead atoms. The van der Waals surface area contributed by atoms with E-state index in [0.29, 0.717) is 63.0 Å². The first kappa shape index (κ1) is 68.3. The van der Waals surface area contributed by atoms with Gasteiger partial charge in [0.05, 0.1) is 12.2 Å². The average molecular weight is 1090 g/mol. The van der Waals surface area contributed by atoms with Crippen LogP contribution in [-0.4, -0.2) is 119 Å². The van der Waals surface area contributed by atoms with Crippen molar-refractivity contribution < 1.29 is 58.7 Å². The number of hydrogen-bond acceptors (Lipinski definition) is 14. The zero-order chi connectivity index (χ0) is 57.2. The molecule has 2 amide bonds. The minimum atomic E-state index is -1.06. The molecular formula is C60H96N6O12. The van der Waals surface area contributed by atoms with Crippen LogP contribution in [0.2, 0.25) is 0 Å². The number of aliphatic hydroxyl groups excluding tert-OH is 2. The normalized spacial score (nSPS) is 13.8. The van der Waals surface area contributed by atoms with Gasteiger partial charge < -0.3 is 62.6 Å². The van der Waals surface area contributed by atoms with Gasteiger partial charge in [-0.05, 0) is 125 Å². The van der Waals surface area contributed by atoms with Crippen LogP contribution in [0.3, 0.4) is 0 Å². The summed E-state index contributed by atoms with van der Waals surface area (Å²) in [6.07, 6.45) is 25.4. The molecule has 6 atom stereocenters. The first-order chi connectivity index (χ1) is 37.6. The molecular weight excluding hydrogens is 997 g/mol. The van der Waals surface area contributed by atoms with Crippen LogP contribution < -0.4 is 32.7 Å². The van der Waals surface area contributed by atoms with Gasteiger partial charge in [-0.1, -0.05) is 127 Å². The number of carbonyl (C=O) groups is 6. The Morgan fingerprint density at radius 2 is 0.859 bits per heavy atom.